The van der Waals surface area contributed by atoms with Crippen molar-refractivity contribution in [1.82, 2.24) is 10.3 Å². The summed E-state index contributed by atoms with van der Waals surface area (Å²) >= 11 is 0. The van der Waals surface area contributed by atoms with Gasteiger partial charge in [0, 0.05) is 30.9 Å². The van der Waals surface area contributed by atoms with Crippen LogP contribution in [0.5, 0.6) is 0 Å². The first-order valence-corrected chi connectivity index (χ1v) is 5.97. The lowest BCUT2D eigenvalue weighted by atomic mass is 10.1. The van der Waals surface area contributed by atoms with Crippen LogP contribution in [0.1, 0.15) is 11.1 Å². The molecule has 2 heterocycles. The predicted molar refractivity (Wildman–Crippen MR) is 71.0 cm³/mol. The third-order valence-corrected chi connectivity index (χ3v) is 2.92. The second-order valence-electron chi connectivity index (χ2n) is 4.25. The van der Waals surface area contributed by atoms with E-state index >= 15 is 0 Å². The highest BCUT2D eigenvalue weighted by atomic mass is 16.3. The maximum Gasteiger partial charge on any atom is 0.133 e. The molecule has 0 saturated heterocycles. The third-order valence-electron chi connectivity index (χ3n) is 2.92. The van der Waals surface area contributed by atoms with Gasteiger partial charge in [-0.15, -0.1) is 0 Å². The van der Waals surface area contributed by atoms with E-state index in [0.717, 1.165) is 24.1 Å². The van der Waals surface area contributed by atoms with Gasteiger partial charge < -0.3 is 9.73 Å². The number of hydrogen-bond donors (Lipinski definition) is 1. The van der Waals surface area contributed by atoms with Crippen LogP contribution in [-0.2, 0) is 13.1 Å². The second-order valence-corrected chi connectivity index (χ2v) is 4.25. The Hall–Kier alpha value is -2.13. The molecule has 1 aromatic carbocycles. The quantitative estimate of drug-likeness (QED) is 0.759. The van der Waals surface area contributed by atoms with Crippen LogP contribution in [0.3, 0.4) is 0 Å². The Bertz CT molecular complexity index is 631. The van der Waals surface area contributed by atoms with Crippen LogP contribution in [0.4, 0.5) is 0 Å². The standard InChI is InChI=1S/C15H14N2O/c1-2-15-14(5-8-18-15)9-13(1)11-17-10-12-3-6-16-7-4-12/h1-9,17H,10-11H2. The van der Waals surface area contributed by atoms with Gasteiger partial charge >= 0.3 is 0 Å². The largest absolute Gasteiger partial charge is 0.464 e. The molecule has 0 radical (unpaired) electrons. The minimum atomic E-state index is 0.851. The summed E-state index contributed by atoms with van der Waals surface area (Å²) in [5.41, 5.74) is 3.44. The molecule has 0 atom stereocenters. The van der Waals surface area contributed by atoms with Gasteiger partial charge in [0.1, 0.15) is 5.58 Å². The van der Waals surface area contributed by atoms with Crippen molar-refractivity contribution in [2.24, 2.45) is 0 Å². The number of furan rings is 1. The molecule has 3 nitrogen and oxygen atoms in total. The fourth-order valence-corrected chi connectivity index (χ4v) is 1.98. The molecule has 0 bridgehead atoms. The SMILES string of the molecule is c1cc(CNCc2ccc3occc3c2)ccn1. The Labute approximate surface area is 105 Å². The highest BCUT2D eigenvalue weighted by Gasteiger charge is 1.99. The fourth-order valence-electron chi connectivity index (χ4n) is 1.98. The topological polar surface area (TPSA) is 38.1 Å². The van der Waals surface area contributed by atoms with Crippen molar-refractivity contribution in [1.29, 1.82) is 0 Å². The highest BCUT2D eigenvalue weighted by Crippen LogP contribution is 2.16. The number of pyridine rings is 1. The van der Waals surface area contributed by atoms with Crippen molar-refractivity contribution < 1.29 is 4.42 Å². The van der Waals surface area contributed by atoms with E-state index in [9.17, 15) is 0 Å². The predicted octanol–water partition coefficient (Wildman–Crippen LogP) is 3.12. The van der Waals surface area contributed by atoms with Gasteiger partial charge in [-0.25, -0.2) is 0 Å². The summed E-state index contributed by atoms with van der Waals surface area (Å²) in [6.45, 7) is 1.70. The van der Waals surface area contributed by atoms with Crippen LogP contribution in [0.15, 0.2) is 59.5 Å². The van der Waals surface area contributed by atoms with Crippen LogP contribution in [-0.4, -0.2) is 4.98 Å². The zero-order valence-electron chi connectivity index (χ0n) is 9.97. The average Bonchev–Trinajstić information content (AvgIpc) is 2.87. The van der Waals surface area contributed by atoms with Crippen LogP contribution in [0.2, 0.25) is 0 Å². The maximum absolute atomic E-state index is 5.32. The Morgan fingerprint density at radius 3 is 2.67 bits per heavy atom. The van der Waals surface area contributed by atoms with E-state index in [0.29, 0.717) is 0 Å². The summed E-state index contributed by atoms with van der Waals surface area (Å²) in [5.74, 6) is 0. The van der Waals surface area contributed by atoms with Crippen molar-refractivity contribution in [2.75, 3.05) is 0 Å². The smallest absolute Gasteiger partial charge is 0.133 e. The van der Waals surface area contributed by atoms with Crippen molar-refractivity contribution in [3.63, 3.8) is 0 Å². The van der Waals surface area contributed by atoms with Crippen molar-refractivity contribution in [3.05, 3.63) is 66.2 Å². The lowest BCUT2D eigenvalue weighted by molar-refractivity contribution is 0.615. The van der Waals surface area contributed by atoms with E-state index in [1.807, 2.05) is 36.7 Å². The van der Waals surface area contributed by atoms with Gasteiger partial charge in [0.25, 0.3) is 0 Å². The highest BCUT2D eigenvalue weighted by molar-refractivity contribution is 5.77. The summed E-state index contributed by atoms with van der Waals surface area (Å²) in [6, 6.07) is 12.3. The Morgan fingerprint density at radius 2 is 1.78 bits per heavy atom. The Kier molecular flexibility index (Phi) is 3.07. The molecule has 0 fully saturated rings. The summed E-state index contributed by atoms with van der Waals surface area (Å²) in [4.78, 5) is 4.00. The number of benzene rings is 1. The van der Waals surface area contributed by atoms with Gasteiger partial charge in [-0.2, -0.15) is 0 Å². The van der Waals surface area contributed by atoms with E-state index in [1.165, 1.54) is 11.1 Å². The van der Waals surface area contributed by atoms with Gasteiger partial charge in [0.05, 0.1) is 6.26 Å². The van der Waals surface area contributed by atoms with Crippen LogP contribution < -0.4 is 5.32 Å². The van der Waals surface area contributed by atoms with Crippen LogP contribution in [0, 0.1) is 0 Å². The number of nitrogens with zero attached hydrogens (tertiary/aromatic N) is 1. The first kappa shape index (κ1) is 11.0. The number of rotatable bonds is 4. The van der Waals surface area contributed by atoms with Crippen molar-refractivity contribution in [2.45, 2.75) is 13.1 Å². The number of fused-ring (bicyclic) bond motifs is 1. The van der Waals surface area contributed by atoms with Gasteiger partial charge in [0.15, 0.2) is 0 Å². The molecular formula is C15H14N2O. The van der Waals surface area contributed by atoms with Gasteiger partial charge in [-0.1, -0.05) is 6.07 Å². The molecule has 0 aliphatic heterocycles. The Balaban J connectivity index is 1.62. The zero-order valence-corrected chi connectivity index (χ0v) is 9.97. The van der Waals surface area contributed by atoms with E-state index in [4.69, 9.17) is 4.42 Å². The summed E-state index contributed by atoms with van der Waals surface area (Å²) in [7, 11) is 0. The van der Waals surface area contributed by atoms with E-state index < -0.39 is 0 Å². The summed E-state index contributed by atoms with van der Waals surface area (Å²) in [6.07, 6.45) is 5.35. The molecule has 90 valence electrons. The second kappa shape index (κ2) is 5.02. The number of nitrogens with one attached hydrogen (secondary N) is 1. The molecule has 3 rings (SSSR count). The molecule has 18 heavy (non-hydrogen) atoms. The molecule has 0 aliphatic carbocycles. The van der Waals surface area contributed by atoms with Crippen LogP contribution in [0.25, 0.3) is 11.0 Å². The molecule has 0 aliphatic rings. The molecular weight excluding hydrogens is 224 g/mol. The molecule has 3 heteroatoms. The van der Waals surface area contributed by atoms with Crippen molar-refractivity contribution in [3.8, 4) is 0 Å². The van der Waals surface area contributed by atoms with E-state index in [-0.39, 0.29) is 0 Å². The van der Waals surface area contributed by atoms with Gasteiger partial charge in [-0.05, 0) is 41.5 Å². The molecule has 1 N–H and O–H groups in total. The first-order valence-electron chi connectivity index (χ1n) is 5.97. The average molecular weight is 238 g/mol. The third kappa shape index (κ3) is 2.41. The maximum atomic E-state index is 5.32. The number of aromatic nitrogens is 1. The van der Waals surface area contributed by atoms with E-state index in [1.54, 1.807) is 6.26 Å². The summed E-state index contributed by atoms with van der Waals surface area (Å²) < 4.78 is 5.32. The Morgan fingerprint density at radius 1 is 0.944 bits per heavy atom. The molecule has 3 aromatic rings. The first-order chi connectivity index (χ1) is 8.92. The van der Waals surface area contributed by atoms with Gasteiger partial charge in [-0.3, -0.25) is 4.98 Å². The minimum Gasteiger partial charge on any atom is -0.464 e. The molecule has 0 saturated carbocycles. The normalized spacial score (nSPS) is 10.9. The van der Waals surface area contributed by atoms with E-state index in [2.05, 4.69) is 22.4 Å². The van der Waals surface area contributed by atoms with Crippen molar-refractivity contribution >= 4 is 11.0 Å². The zero-order chi connectivity index (χ0) is 12.2. The van der Waals surface area contributed by atoms with Gasteiger partial charge in [0.2, 0.25) is 0 Å². The lowest BCUT2D eigenvalue weighted by Crippen LogP contribution is -2.12. The summed E-state index contributed by atoms with van der Waals surface area (Å²) in [5, 5.41) is 4.57. The monoisotopic (exact) mass is 238 g/mol. The number of hydrogen-bond acceptors (Lipinski definition) is 3. The minimum absolute atomic E-state index is 0.851. The molecule has 0 spiro atoms. The lowest BCUT2D eigenvalue weighted by Gasteiger charge is -2.05. The van der Waals surface area contributed by atoms with Crippen LogP contribution >= 0.6 is 0 Å². The molecule has 0 unspecified atom stereocenters. The molecule has 0 amide bonds. The fraction of sp³-hybridized carbons (Fsp3) is 0.133. The molecule has 2 aromatic heterocycles.